The van der Waals surface area contributed by atoms with E-state index in [1.165, 1.54) is 12.8 Å². The number of hydrogen-bond donors (Lipinski definition) is 1. The summed E-state index contributed by atoms with van der Waals surface area (Å²) in [5, 5.41) is 3.25. The second kappa shape index (κ2) is 8.85. The molecule has 2 fully saturated rings. The Morgan fingerprint density at radius 2 is 2.15 bits per heavy atom. The van der Waals surface area contributed by atoms with E-state index in [9.17, 15) is 4.79 Å². The molecule has 0 saturated carbocycles. The fourth-order valence-electron chi connectivity index (χ4n) is 2.91. The number of hydrogen-bond acceptors (Lipinski definition) is 3. The van der Waals surface area contributed by atoms with Crippen molar-refractivity contribution in [2.45, 2.75) is 45.6 Å². The van der Waals surface area contributed by atoms with Crippen molar-refractivity contribution in [3.63, 3.8) is 0 Å². The third-order valence-electron chi connectivity index (χ3n) is 4.41. The molecule has 2 heterocycles. The summed E-state index contributed by atoms with van der Waals surface area (Å²) in [5.74, 6) is 0.998. The first kappa shape index (κ1) is 17.7. The molecule has 0 aromatic rings. The Bertz CT molecular complexity index is 292. The van der Waals surface area contributed by atoms with E-state index in [0.717, 1.165) is 45.6 Å². The number of halogens is 1. The van der Waals surface area contributed by atoms with Gasteiger partial charge >= 0.3 is 0 Å². The topological polar surface area (TPSA) is 41.6 Å². The molecular weight excluding hydrogens is 276 g/mol. The van der Waals surface area contributed by atoms with Crippen molar-refractivity contribution in [2.24, 2.45) is 11.8 Å². The summed E-state index contributed by atoms with van der Waals surface area (Å²) >= 11 is 0. The van der Waals surface area contributed by atoms with E-state index >= 15 is 0 Å². The molecular formula is C15H29ClN2O2. The molecule has 0 bridgehead atoms. The van der Waals surface area contributed by atoms with Gasteiger partial charge in [0, 0.05) is 25.6 Å². The minimum atomic E-state index is 0. The third-order valence-corrected chi connectivity index (χ3v) is 4.41. The predicted molar refractivity (Wildman–Crippen MR) is 83.2 cm³/mol. The number of nitrogens with one attached hydrogen (secondary N) is 1. The molecule has 2 aliphatic rings. The zero-order valence-corrected chi connectivity index (χ0v) is 13.6. The summed E-state index contributed by atoms with van der Waals surface area (Å²) in [7, 11) is 0. The zero-order chi connectivity index (χ0) is 13.7. The van der Waals surface area contributed by atoms with Crippen LogP contribution in [0.15, 0.2) is 0 Å². The van der Waals surface area contributed by atoms with Crippen LogP contribution < -0.4 is 5.32 Å². The van der Waals surface area contributed by atoms with Crippen LogP contribution in [-0.4, -0.2) is 49.7 Å². The molecule has 0 aliphatic carbocycles. The van der Waals surface area contributed by atoms with E-state index < -0.39 is 0 Å². The summed E-state index contributed by atoms with van der Waals surface area (Å²) in [6, 6.07) is 0. The van der Waals surface area contributed by atoms with Gasteiger partial charge in [-0.3, -0.25) is 4.79 Å². The lowest BCUT2D eigenvalue weighted by molar-refractivity contribution is -0.140. The summed E-state index contributed by atoms with van der Waals surface area (Å²) in [6.07, 6.45) is 4.79. The van der Waals surface area contributed by atoms with Crippen LogP contribution in [0.3, 0.4) is 0 Å². The maximum absolute atomic E-state index is 12.6. The molecule has 4 nitrogen and oxygen atoms in total. The molecule has 20 heavy (non-hydrogen) atoms. The van der Waals surface area contributed by atoms with Crippen molar-refractivity contribution >= 4 is 18.3 Å². The van der Waals surface area contributed by atoms with Crippen molar-refractivity contribution in [1.29, 1.82) is 0 Å². The molecule has 2 unspecified atom stereocenters. The molecule has 0 spiro atoms. The average molecular weight is 305 g/mol. The first-order valence-electron chi connectivity index (χ1n) is 7.83. The van der Waals surface area contributed by atoms with Gasteiger partial charge in [-0.1, -0.05) is 13.8 Å². The number of rotatable bonds is 6. The van der Waals surface area contributed by atoms with Crippen molar-refractivity contribution < 1.29 is 9.53 Å². The molecule has 1 amide bonds. The Hall–Kier alpha value is -0.320. The zero-order valence-electron chi connectivity index (χ0n) is 12.8. The second-order valence-corrected chi connectivity index (χ2v) is 5.98. The van der Waals surface area contributed by atoms with Gasteiger partial charge < -0.3 is 15.0 Å². The van der Waals surface area contributed by atoms with Gasteiger partial charge in [0.2, 0.25) is 5.91 Å². The molecule has 118 valence electrons. The number of carbonyl (C=O) groups is 1. The fourth-order valence-corrected chi connectivity index (χ4v) is 2.91. The summed E-state index contributed by atoms with van der Waals surface area (Å²) < 4.78 is 5.78. The lowest BCUT2D eigenvalue weighted by Gasteiger charge is -2.36. The highest BCUT2D eigenvalue weighted by Crippen LogP contribution is 2.20. The van der Waals surface area contributed by atoms with Crippen molar-refractivity contribution in [1.82, 2.24) is 10.2 Å². The number of carbonyl (C=O) groups excluding carboxylic acids is 1. The smallest absolute Gasteiger partial charge is 0.225 e. The lowest BCUT2D eigenvalue weighted by Crippen LogP contribution is -2.51. The Balaban J connectivity index is 0.00000200. The van der Waals surface area contributed by atoms with Crippen LogP contribution >= 0.6 is 12.4 Å². The maximum Gasteiger partial charge on any atom is 0.225 e. The van der Waals surface area contributed by atoms with Crippen LogP contribution in [0.5, 0.6) is 0 Å². The normalized spacial score (nSPS) is 24.4. The van der Waals surface area contributed by atoms with E-state index in [1.807, 2.05) is 4.90 Å². The summed E-state index contributed by atoms with van der Waals surface area (Å²) in [6.45, 7) is 8.72. The van der Waals surface area contributed by atoms with Gasteiger partial charge in [-0.15, -0.1) is 12.4 Å². The highest BCUT2D eigenvalue weighted by molar-refractivity contribution is 5.85. The summed E-state index contributed by atoms with van der Waals surface area (Å²) in [5.41, 5.74) is 0. The average Bonchev–Trinajstić information content (AvgIpc) is 2.36. The molecule has 2 saturated heterocycles. The van der Waals surface area contributed by atoms with Crippen LogP contribution in [0.1, 0.15) is 39.5 Å². The SMILES string of the molecule is CCCN(CC1CCCCO1)C(=O)C(C)C1CNC1.Cl. The highest BCUT2D eigenvalue weighted by Gasteiger charge is 2.32. The largest absolute Gasteiger partial charge is 0.376 e. The predicted octanol–water partition coefficient (Wildman–Crippen LogP) is 2.07. The van der Waals surface area contributed by atoms with Crippen LogP contribution in [0.25, 0.3) is 0 Å². The Kier molecular flexibility index (Phi) is 7.85. The van der Waals surface area contributed by atoms with Crippen molar-refractivity contribution in [3.8, 4) is 0 Å². The monoisotopic (exact) mass is 304 g/mol. The van der Waals surface area contributed by atoms with Gasteiger partial charge in [0.05, 0.1) is 6.10 Å². The van der Waals surface area contributed by atoms with Crippen LogP contribution in [0.2, 0.25) is 0 Å². The van der Waals surface area contributed by atoms with Crippen molar-refractivity contribution in [3.05, 3.63) is 0 Å². The maximum atomic E-state index is 12.6. The highest BCUT2D eigenvalue weighted by atomic mass is 35.5. The van der Waals surface area contributed by atoms with E-state index in [2.05, 4.69) is 19.2 Å². The standard InChI is InChI=1S/C15H28N2O2.ClH/c1-3-7-17(11-14-6-4-5-8-19-14)15(18)12(2)13-9-16-10-13;/h12-14,16H,3-11H2,1-2H3;1H. The van der Waals surface area contributed by atoms with Crippen LogP contribution in [0, 0.1) is 11.8 Å². The van der Waals surface area contributed by atoms with Gasteiger partial charge in [0.25, 0.3) is 0 Å². The van der Waals surface area contributed by atoms with Gasteiger partial charge in [0.15, 0.2) is 0 Å². The second-order valence-electron chi connectivity index (χ2n) is 5.98. The molecule has 1 N–H and O–H groups in total. The molecule has 2 aliphatic heterocycles. The Morgan fingerprint density at radius 3 is 2.65 bits per heavy atom. The number of amides is 1. The molecule has 5 heteroatoms. The van der Waals surface area contributed by atoms with Gasteiger partial charge in [0.1, 0.15) is 0 Å². The third kappa shape index (κ3) is 4.61. The molecule has 2 atom stereocenters. The Morgan fingerprint density at radius 1 is 1.40 bits per heavy atom. The molecule has 0 radical (unpaired) electrons. The fraction of sp³-hybridized carbons (Fsp3) is 0.933. The van der Waals surface area contributed by atoms with Gasteiger partial charge in [-0.05, 0) is 44.7 Å². The minimum Gasteiger partial charge on any atom is -0.376 e. The van der Waals surface area contributed by atoms with E-state index in [4.69, 9.17) is 4.74 Å². The first-order chi connectivity index (χ1) is 9.22. The minimum absolute atomic E-state index is 0. The van der Waals surface area contributed by atoms with Gasteiger partial charge in [-0.2, -0.15) is 0 Å². The molecule has 0 aromatic carbocycles. The van der Waals surface area contributed by atoms with Crippen LogP contribution in [-0.2, 0) is 9.53 Å². The van der Waals surface area contributed by atoms with Gasteiger partial charge in [-0.25, -0.2) is 0 Å². The quantitative estimate of drug-likeness (QED) is 0.817. The molecule has 0 aromatic heterocycles. The van der Waals surface area contributed by atoms with E-state index in [0.29, 0.717) is 11.8 Å². The van der Waals surface area contributed by atoms with Crippen LogP contribution in [0.4, 0.5) is 0 Å². The lowest BCUT2D eigenvalue weighted by atomic mass is 9.87. The summed E-state index contributed by atoms with van der Waals surface area (Å²) in [4.78, 5) is 14.6. The number of nitrogens with zero attached hydrogens (tertiary/aromatic N) is 1. The molecule has 2 rings (SSSR count). The van der Waals surface area contributed by atoms with E-state index in [1.54, 1.807) is 0 Å². The van der Waals surface area contributed by atoms with E-state index in [-0.39, 0.29) is 24.4 Å². The Labute approximate surface area is 129 Å². The van der Waals surface area contributed by atoms with Crippen molar-refractivity contribution in [2.75, 3.05) is 32.8 Å². The number of ether oxygens (including phenoxy) is 1. The first-order valence-corrected chi connectivity index (χ1v) is 7.83.